The van der Waals surface area contributed by atoms with Gasteiger partial charge in [0.2, 0.25) is 0 Å². The average Bonchev–Trinajstić information content (AvgIpc) is 2.89. The van der Waals surface area contributed by atoms with Crippen molar-refractivity contribution in [2.45, 2.75) is 0 Å². The van der Waals surface area contributed by atoms with Gasteiger partial charge in [-0.25, -0.2) is 19.2 Å². The van der Waals surface area contributed by atoms with Crippen LogP contribution in [0, 0.1) is 0 Å². The van der Waals surface area contributed by atoms with Crippen LogP contribution in [0.25, 0.3) is 22.8 Å². The van der Waals surface area contributed by atoms with E-state index in [0.29, 0.717) is 22.8 Å². The first kappa shape index (κ1) is 28.3. The van der Waals surface area contributed by atoms with Crippen molar-refractivity contribution >= 4 is 23.9 Å². The standard InChI is InChI=1S/2C12H8N2O4.Ru/c2*15-11(16)7-1-3-13-9(5-7)10-6-8(12(17)18)2-4-14-10;/h2*1-6H,(H,15,16)(H,17,18);/q;;+2. The van der Waals surface area contributed by atoms with Gasteiger partial charge in [0.15, 0.2) is 0 Å². The van der Waals surface area contributed by atoms with Crippen molar-refractivity contribution in [3.63, 3.8) is 0 Å². The Morgan fingerprint density at radius 1 is 0.432 bits per heavy atom. The molecule has 0 bridgehead atoms. The van der Waals surface area contributed by atoms with Crippen LogP contribution < -0.4 is 0 Å². The fourth-order valence-electron chi connectivity index (χ4n) is 2.81. The minimum Gasteiger partial charge on any atom is -0.478 e. The number of hydrogen-bond acceptors (Lipinski definition) is 8. The number of hydrogen-bond donors (Lipinski definition) is 4. The van der Waals surface area contributed by atoms with Crippen molar-refractivity contribution in [3.05, 3.63) is 95.6 Å². The summed E-state index contributed by atoms with van der Waals surface area (Å²) in [5, 5.41) is 35.4. The number of aromatic nitrogens is 4. The molecular formula is C24H16N4O8Ru+2. The monoisotopic (exact) mass is 590 g/mol. The van der Waals surface area contributed by atoms with Gasteiger partial charge < -0.3 is 20.4 Å². The van der Waals surface area contributed by atoms with E-state index in [2.05, 4.69) is 19.9 Å². The van der Waals surface area contributed by atoms with E-state index in [-0.39, 0.29) is 41.7 Å². The summed E-state index contributed by atoms with van der Waals surface area (Å²) in [6.07, 6.45) is 5.36. The average molecular weight is 589 g/mol. The minimum atomic E-state index is -1.08. The Hall–Kier alpha value is -4.90. The Morgan fingerprint density at radius 2 is 0.622 bits per heavy atom. The second-order valence-corrected chi connectivity index (χ2v) is 6.94. The number of aromatic carboxylic acids is 4. The van der Waals surface area contributed by atoms with Crippen LogP contribution in [0.2, 0.25) is 0 Å². The molecular weight excluding hydrogens is 573 g/mol. The summed E-state index contributed by atoms with van der Waals surface area (Å²) in [6, 6.07) is 10.8. The largest absolute Gasteiger partial charge is 2.00 e. The van der Waals surface area contributed by atoms with E-state index >= 15 is 0 Å². The van der Waals surface area contributed by atoms with Gasteiger partial charge in [-0.2, -0.15) is 0 Å². The molecule has 0 aliphatic rings. The maximum absolute atomic E-state index is 10.8. The van der Waals surface area contributed by atoms with Crippen molar-refractivity contribution in [2.24, 2.45) is 0 Å². The third-order valence-electron chi connectivity index (χ3n) is 4.55. The molecule has 4 aromatic heterocycles. The predicted molar refractivity (Wildman–Crippen MR) is 123 cm³/mol. The molecule has 0 saturated heterocycles. The first-order valence-electron chi connectivity index (χ1n) is 9.94. The number of pyridine rings is 4. The van der Waals surface area contributed by atoms with E-state index in [9.17, 15) is 19.2 Å². The summed E-state index contributed by atoms with van der Waals surface area (Å²) in [6.45, 7) is 0. The van der Waals surface area contributed by atoms with Crippen LogP contribution in [0.15, 0.2) is 73.3 Å². The van der Waals surface area contributed by atoms with Crippen molar-refractivity contribution in [1.82, 2.24) is 19.9 Å². The molecule has 0 fully saturated rings. The van der Waals surface area contributed by atoms with Crippen LogP contribution in [0.5, 0.6) is 0 Å². The molecule has 4 rings (SSSR count). The van der Waals surface area contributed by atoms with Gasteiger partial charge in [0.1, 0.15) is 0 Å². The smallest absolute Gasteiger partial charge is 0.478 e. The van der Waals surface area contributed by atoms with E-state index in [1.165, 1.54) is 73.3 Å². The van der Waals surface area contributed by atoms with Gasteiger partial charge in [0.25, 0.3) is 0 Å². The van der Waals surface area contributed by atoms with Crippen molar-refractivity contribution in [3.8, 4) is 22.8 Å². The zero-order chi connectivity index (χ0) is 26.2. The second kappa shape index (κ2) is 12.7. The summed E-state index contributed by atoms with van der Waals surface area (Å²) < 4.78 is 0. The molecule has 13 heteroatoms. The van der Waals surface area contributed by atoms with Gasteiger partial charge in [0.05, 0.1) is 45.0 Å². The zero-order valence-corrected chi connectivity index (χ0v) is 20.2. The normalized spacial score (nSPS) is 9.73. The van der Waals surface area contributed by atoms with Gasteiger partial charge >= 0.3 is 43.4 Å². The molecule has 0 aliphatic carbocycles. The van der Waals surface area contributed by atoms with Gasteiger partial charge in [-0.3, -0.25) is 19.9 Å². The molecule has 0 spiro atoms. The second-order valence-electron chi connectivity index (χ2n) is 6.94. The van der Waals surface area contributed by atoms with Crippen LogP contribution in [0.4, 0.5) is 0 Å². The van der Waals surface area contributed by atoms with Crippen LogP contribution in [-0.4, -0.2) is 64.2 Å². The summed E-state index contributed by atoms with van der Waals surface area (Å²) in [4.78, 5) is 59.2. The fourth-order valence-corrected chi connectivity index (χ4v) is 2.81. The molecule has 0 saturated carbocycles. The molecule has 0 unspecified atom stereocenters. The molecule has 0 radical (unpaired) electrons. The van der Waals surface area contributed by atoms with Gasteiger partial charge in [-0.15, -0.1) is 0 Å². The first-order chi connectivity index (χ1) is 17.2. The number of nitrogens with zero attached hydrogens (tertiary/aromatic N) is 4. The Balaban J connectivity index is 0.000000253. The van der Waals surface area contributed by atoms with Crippen LogP contribution in [-0.2, 0) is 19.5 Å². The molecule has 0 aliphatic heterocycles. The Bertz CT molecular complexity index is 1260. The number of carbonyl (C=O) groups is 4. The maximum Gasteiger partial charge on any atom is 2.00 e. The zero-order valence-electron chi connectivity index (χ0n) is 18.5. The van der Waals surface area contributed by atoms with Crippen LogP contribution in [0.3, 0.4) is 0 Å². The minimum absolute atomic E-state index is 0. The Labute approximate surface area is 221 Å². The molecule has 12 nitrogen and oxygen atoms in total. The molecule has 0 atom stereocenters. The van der Waals surface area contributed by atoms with Crippen molar-refractivity contribution in [1.29, 1.82) is 0 Å². The molecule has 0 amide bonds. The van der Waals surface area contributed by atoms with Crippen LogP contribution >= 0.6 is 0 Å². The van der Waals surface area contributed by atoms with Gasteiger partial charge in [-0.05, 0) is 48.5 Å². The van der Waals surface area contributed by atoms with E-state index in [0.717, 1.165) is 0 Å². The summed E-state index contributed by atoms with van der Waals surface area (Å²) in [7, 11) is 0. The Kier molecular flexibility index (Phi) is 9.73. The molecule has 4 N–H and O–H groups in total. The molecule has 4 aromatic rings. The third-order valence-corrected chi connectivity index (χ3v) is 4.55. The molecule has 0 aromatic carbocycles. The van der Waals surface area contributed by atoms with Gasteiger partial charge in [0, 0.05) is 24.8 Å². The van der Waals surface area contributed by atoms with E-state index < -0.39 is 23.9 Å². The summed E-state index contributed by atoms with van der Waals surface area (Å²) in [5.41, 5.74) is 1.56. The van der Waals surface area contributed by atoms with Crippen molar-refractivity contribution in [2.75, 3.05) is 0 Å². The van der Waals surface area contributed by atoms with Crippen molar-refractivity contribution < 1.29 is 59.1 Å². The third kappa shape index (κ3) is 7.54. The quantitative estimate of drug-likeness (QED) is 0.240. The van der Waals surface area contributed by atoms with E-state index in [4.69, 9.17) is 20.4 Å². The first-order valence-corrected chi connectivity index (χ1v) is 9.94. The molecule has 37 heavy (non-hydrogen) atoms. The van der Waals surface area contributed by atoms with E-state index in [1.807, 2.05) is 0 Å². The van der Waals surface area contributed by atoms with Crippen LogP contribution in [0.1, 0.15) is 41.4 Å². The fraction of sp³-hybridized carbons (Fsp3) is 0. The molecule has 4 heterocycles. The van der Waals surface area contributed by atoms with Gasteiger partial charge in [-0.1, -0.05) is 0 Å². The molecule has 186 valence electrons. The predicted octanol–water partition coefficient (Wildman–Crippen LogP) is 3.08. The van der Waals surface area contributed by atoms with E-state index in [1.54, 1.807) is 0 Å². The SMILES string of the molecule is O=C(O)c1ccnc(-c2cc(C(=O)O)ccn2)c1.O=C(O)c1ccnc(-c2cc(C(=O)O)ccn2)c1.[Ru+2]. The number of rotatable bonds is 6. The number of carboxylic acid groups (broad SMARTS) is 4. The summed E-state index contributed by atoms with van der Waals surface area (Å²) in [5.74, 6) is -4.30. The topological polar surface area (TPSA) is 201 Å². The number of carboxylic acids is 4. The summed E-state index contributed by atoms with van der Waals surface area (Å²) >= 11 is 0. The maximum atomic E-state index is 10.8. The Morgan fingerprint density at radius 3 is 0.784 bits per heavy atom.